The first-order valence-electron chi connectivity index (χ1n) is 7.02. The first-order chi connectivity index (χ1) is 11.8. The highest BCUT2D eigenvalue weighted by molar-refractivity contribution is 7.89. The molecule has 0 aliphatic carbocycles. The minimum Gasteiger partial charge on any atom is -0.258 e. The van der Waals surface area contributed by atoms with Crippen LogP contribution in [0.4, 0.5) is 5.69 Å². The number of halogens is 1. The third-order valence-electron chi connectivity index (χ3n) is 3.15. The Kier molecular flexibility index (Phi) is 5.89. The molecule has 130 valence electrons. The molecule has 2 aromatic carbocycles. The van der Waals surface area contributed by atoms with Gasteiger partial charge in [-0.15, -0.1) is 0 Å². The van der Waals surface area contributed by atoms with E-state index in [9.17, 15) is 18.5 Å². The zero-order valence-corrected chi connectivity index (χ0v) is 14.7. The minimum absolute atomic E-state index is 0.212. The summed E-state index contributed by atoms with van der Waals surface area (Å²) in [5.41, 5.74) is 0.908. The van der Waals surface area contributed by atoms with E-state index in [1.165, 1.54) is 19.1 Å². The SMILES string of the molecule is Cc1ccc(S(=O)(=O)N/N=C/C(Cl)=C/c2ccccc2)cc1[N+](=O)[O-]. The molecule has 0 atom stereocenters. The fourth-order valence-electron chi connectivity index (χ4n) is 1.91. The van der Waals surface area contributed by atoms with Crippen molar-refractivity contribution >= 4 is 39.6 Å². The van der Waals surface area contributed by atoms with E-state index >= 15 is 0 Å². The van der Waals surface area contributed by atoms with E-state index in [4.69, 9.17) is 11.6 Å². The van der Waals surface area contributed by atoms with Gasteiger partial charge in [0.15, 0.2) is 0 Å². The summed E-state index contributed by atoms with van der Waals surface area (Å²) in [6, 6.07) is 12.8. The number of allylic oxidation sites excluding steroid dienone is 1. The lowest BCUT2D eigenvalue weighted by Crippen LogP contribution is -2.18. The number of nitro groups is 1. The van der Waals surface area contributed by atoms with Crippen molar-refractivity contribution in [1.29, 1.82) is 0 Å². The normalized spacial score (nSPS) is 12.3. The maximum atomic E-state index is 12.1. The molecule has 0 amide bonds. The number of benzene rings is 2. The van der Waals surface area contributed by atoms with E-state index in [1.807, 2.05) is 35.2 Å². The van der Waals surface area contributed by atoms with Gasteiger partial charge in [-0.05, 0) is 24.6 Å². The van der Waals surface area contributed by atoms with E-state index in [0.29, 0.717) is 5.56 Å². The molecular weight excluding hydrogens is 366 g/mol. The summed E-state index contributed by atoms with van der Waals surface area (Å²) in [5, 5.41) is 14.7. The van der Waals surface area contributed by atoms with Gasteiger partial charge in [-0.1, -0.05) is 48.0 Å². The average Bonchev–Trinajstić information content (AvgIpc) is 2.55. The summed E-state index contributed by atoms with van der Waals surface area (Å²) in [6.45, 7) is 1.52. The van der Waals surface area contributed by atoms with Crippen molar-refractivity contribution in [3.05, 3.63) is 74.8 Å². The molecule has 25 heavy (non-hydrogen) atoms. The smallest absolute Gasteiger partial charge is 0.258 e. The molecule has 0 saturated heterocycles. The van der Waals surface area contributed by atoms with E-state index in [-0.39, 0.29) is 15.6 Å². The number of nitrogens with zero attached hydrogens (tertiary/aromatic N) is 2. The van der Waals surface area contributed by atoms with Gasteiger partial charge >= 0.3 is 0 Å². The van der Waals surface area contributed by atoms with Gasteiger partial charge in [-0.2, -0.15) is 13.5 Å². The molecule has 0 radical (unpaired) electrons. The summed E-state index contributed by atoms with van der Waals surface area (Å²) >= 11 is 5.97. The summed E-state index contributed by atoms with van der Waals surface area (Å²) in [6.07, 6.45) is 2.74. The van der Waals surface area contributed by atoms with Crippen LogP contribution in [0.15, 0.2) is 63.6 Å². The molecule has 7 nitrogen and oxygen atoms in total. The highest BCUT2D eigenvalue weighted by atomic mass is 35.5. The monoisotopic (exact) mass is 379 g/mol. The standard InChI is InChI=1S/C16H14ClN3O4S/c1-12-7-8-15(10-16(12)20(21)22)25(23,24)19-18-11-14(17)9-13-5-3-2-4-6-13/h2-11,19H,1H3/b14-9-,18-11+. The molecule has 0 bridgehead atoms. The predicted molar refractivity (Wildman–Crippen MR) is 96.9 cm³/mol. The summed E-state index contributed by atoms with van der Waals surface area (Å²) in [4.78, 5) is 12.0. The highest BCUT2D eigenvalue weighted by Crippen LogP contribution is 2.22. The summed E-state index contributed by atoms with van der Waals surface area (Å²) in [7, 11) is -4.04. The highest BCUT2D eigenvalue weighted by Gasteiger charge is 2.19. The molecule has 0 aliphatic heterocycles. The van der Waals surface area contributed by atoms with Crippen molar-refractivity contribution < 1.29 is 13.3 Å². The van der Waals surface area contributed by atoms with E-state index in [0.717, 1.165) is 17.8 Å². The number of hydrogen-bond acceptors (Lipinski definition) is 5. The van der Waals surface area contributed by atoms with Crippen molar-refractivity contribution in [2.75, 3.05) is 0 Å². The third-order valence-corrected chi connectivity index (χ3v) is 4.58. The third kappa shape index (κ3) is 5.13. The summed E-state index contributed by atoms with van der Waals surface area (Å²) < 4.78 is 24.3. The number of rotatable bonds is 6. The Balaban J connectivity index is 2.15. The Morgan fingerprint density at radius 2 is 1.92 bits per heavy atom. The second kappa shape index (κ2) is 7.91. The van der Waals surface area contributed by atoms with Crippen LogP contribution in [0.25, 0.3) is 6.08 Å². The average molecular weight is 380 g/mol. The van der Waals surface area contributed by atoms with Crippen molar-refractivity contribution in [3.63, 3.8) is 0 Å². The molecule has 0 aromatic heterocycles. The van der Waals surface area contributed by atoms with Gasteiger partial charge in [-0.25, -0.2) is 4.83 Å². The lowest BCUT2D eigenvalue weighted by Gasteiger charge is -2.04. The largest absolute Gasteiger partial charge is 0.276 e. The van der Waals surface area contributed by atoms with E-state index in [2.05, 4.69) is 5.10 Å². The molecule has 0 fully saturated rings. The molecule has 1 N–H and O–H groups in total. The Morgan fingerprint density at radius 3 is 2.56 bits per heavy atom. The molecule has 9 heteroatoms. The number of nitrogens with one attached hydrogen (secondary N) is 1. The zero-order valence-electron chi connectivity index (χ0n) is 13.1. The lowest BCUT2D eigenvalue weighted by molar-refractivity contribution is -0.385. The fraction of sp³-hybridized carbons (Fsp3) is 0.0625. The van der Waals surface area contributed by atoms with Crippen molar-refractivity contribution in [2.45, 2.75) is 11.8 Å². The Morgan fingerprint density at radius 1 is 1.24 bits per heavy atom. The van der Waals surface area contributed by atoms with E-state index in [1.54, 1.807) is 6.08 Å². The topological polar surface area (TPSA) is 102 Å². The van der Waals surface area contributed by atoms with Crippen molar-refractivity contribution in [2.24, 2.45) is 5.10 Å². The molecule has 0 spiro atoms. The van der Waals surface area contributed by atoms with Crippen LogP contribution in [0.3, 0.4) is 0 Å². The van der Waals surface area contributed by atoms with Crippen molar-refractivity contribution in [3.8, 4) is 0 Å². The van der Waals surface area contributed by atoms with Crippen LogP contribution in [0, 0.1) is 17.0 Å². The second-order valence-electron chi connectivity index (χ2n) is 5.00. The number of hydrazone groups is 1. The molecule has 0 heterocycles. The lowest BCUT2D eigenvalue weighted by atomic mass is 10.2. The van der Waals surface area contributed by atoms with Gasteiger partial charge in [0.25, 0.3) is 15.7 Å². The van der Waals surface area contributed by atoms with E-state index < -0.39 is 14.9 Å². The van der Waals surface area contributed by atoms with Gasteiger partial charge in [0.2, 0.25) is 0 Å². The fourth-order valence-corrected chi connectivity index (χ4v) is 2.89. The molecule has 0 aliphatic rings. The van der Waals surface area contributed by atoms with Gasteiger partial charge in [0.05, 0.1) is 21.1 Å². The summed E-state index contributed by atoms with van der Waals surface area (Å²) in [5.74, 6) is 0. The van der Waals surface area contributed by atoms with Crippen LogP contribution >= 0.6 is 11.6 Å². The van der Waals surface area contributed by atoms with Gasteiger partial charge in [0, 0.05) is 11.6 Å². The first-order valence-corrected chi connectivity index (χ1v) is 8.88. The van der Waals surface area contributed by atoms with Gasteiger partial charge in [-0.3, -0.25) is 10.1 Å². The minimum atomic E-state index is -4.04. The molecule has 0 saturated carbocycles. The quantitative estimate of drug-likeness (QED) is 0.471. The Hall–Kier alpha value is -2.71. The Labute approximate surface area is 149 Å². The number of nitro benzene ring substituents is 1. The first kappa shape index (κ1) is 18.6. The molecular formula is C16H14ClN3O4S. The van der Waals surface area contributed by atoms with Crippen LogP contribution in [0.1, 0.15) is 11.1 Å². The molecule has 0 unspecified atom stereocenters. The van der Waals surface area contributed by atoms with Gasteiger partial charge < -0.3 is 0 Å². The maximum absolute atomic E-state index is 12.1. The second-order valence-corrected chi connectivity index (χ2v) is 7.10. The molecule has 2 rings (SSSR count). The van der Waals surface area contributed by atoms with Crippen molar-refractivity contribution in [1.82, 2.24) is 4.83 Å². The predicted octanol–water partition coefficient (Wildman–Crippen LogP) is 3.45. The van der Waals surface area contributed by atoms with Crippen LogP contribution < -0.4 is 4.83 Å². The zero-order chi connectivity index (χ0) is 18.4. The van der Waals surface area contributed by atoms with Gasteiger partial charge in [0.1, 0.15) is 0 Å². The number of hydrogen-bond donors (Lipinski definition) is 1. The maximum Gasteiger partial charge on any atom is 0.276 e. The van der Waals surface area contributed by atoms with Crippen LogP contribution in [0.2, 0.25) is 0 Å². The van der Waals surface area contributed by atoms with Crippen LogP contribution in [0.5, 0.6) is 0 Å². The Bertz CT molecular complexity index is 941. The van der Waals surface area contributed by atoms with Crippen LogP contribution in [-0.4, -0.2) is 19.6 Å². The van der Waals surface area contributed by atoms with Crippen LogP contribution in [-0.2, 0) is 10.0 Å². The molecule has 2 aromatic rings. The number of aryl methyl sites for hydroxylation is 1. The number of sulfonamides is 1.